The summed E-state index contributed by atoms with van der Waals surface area (Å²) in [6.07, 6.45) is 1.99. The molecule has 0 aliphatic heterocycles. The Morgan fingerprint density at radius 3 is 2.48 bits per heavy atom. The Balaban J connectivity index is 2.78. The fourth-order valence-corrected chi connectivity index (χ4v) is 2.63. The van der Waals surface area contributed by atoms with Crippen LogP contribution in [0.25, 0.3) is 0 Å². The van der Waals surface area contributed by atoms with E-state index in [2.05, 4.69) is 44.1 Å². The number of hydrogen-bond donors (Lipinski definition) is 1. The summed E-state index contributed by atoms with van der Waals surface area (Å²) in [5.74, 6) is 0.697. The van der Waals surface area contributed by atoms with Gasteiger partial charge in [0.25, 0.3) is 0 Å². The number of benzene rings is 1. The zero-order valence-electron chi connectivity index (χ0n) is 13.9. The Kier molecular flexibility index (Phi) is 7.42. The molecule has 2 atom stereocenters. The van der Waals surface area contributed by atoms with Gasteiger partial charge in [0.15, 0.2) is 0 Å². The first-order chi connectivity index (χ1) is 10.1. The summed E-state index contributed by atoms with van der Waals surface area (Å²) >= 11 is 0. The van der Waals surface area contributed by atoms with Gasteiger partial charge in [-0.15, -0.1) is 0 Å². The summed E-state index contributed by atoms with van der Waals surface area (Å²) < 4.78 is 0. The maximum absolute atomic E-state index is 9.77. The van der Waals surface area contributed by atoms with Crippen molar-refractivity contribution >= 4 is 0 Å². The lowest BCUT2D eigenvalue weighted by Gasteiger charge is -2.31. The molecule has 2 unspecified atom stereocenters. The van der Waals surface area contributed by atoms with Crippen molar-refractivity contribution in [1.29, 1.82) is 5.26 Å². The molecule has 3 heteroatoms. The van der Waals surface area contributed by atoms with Gasteiger partial charge < -0.3 is 4.90 Å². The van der Waals surface area contributed by atoms with Gasteiger partial charge >= 0.3 is 0 Å². The van der Waals surface area contributed by atoms with Crippen LogP contribution in [0.1, 0.15) is 39.2 Å². The van der Waals surface area contributed by atoms with Gasteiger partial charge in [0.2, 0.25) is 0 Å². The van der Waals surface area contributed by atoms with E-state index in [1.54, 1.807) is 0 Å². The Morgan fingerprint density at radius 1 is 1.29 bits per heavy atom. The highest BCUT2D eigenvalue weighted by Gasteiger charge is 2.31. The lowest BCUT2D eigenvalue weighted by Crippen LogP contribution is -2.43. The number of rotatable bonds is 9. The molecule has 1 N–H and O–H groups in total. The zero-order chi connectivity index (χ0) is 15.7. The minimum atomic E-state index is -0.584. The van der Waals surface area contributed by atoms with Gasteiger partial charge in [-0.1, -0.05) is 57.5 Å². The summed E-state index contributed by atoms with van der Waals surface area (Å²) in [5, 5.41) is 13.2. The van der Waals surface area contributed by atoms with E-state index in [1.165, 1.54) is 6.42 Å². The Hall–Kier alpha value is -1.37. The third-order valence-electron chi connectivity index (χ3n) is 4.12. The van der Waals surface area contributed by atoms with E-state index in [0.29, 0.717) is 5.92 Å². The van der Waals surface area contributed by atoms with Crippen molar-refractivity contribution in [3.8, 4) is 6.07 Å². The van der Waals surface area contributed by atoms with Gasteiger partial charge in [0.05, 0.1) is 6.07 Å². The minimum Gasteiger partial charge on any atom is -0.306 e. The molecule has 0 saturated heterocycles. The predicted molar refractivity (Wildman–Crippen MR) is 89.0 cm³/mol. The van der Waals surface area contributed by atoms with Gasteiger partial charge in [-0.05, 0) is 31.5 Å². The number of nitriles is 1. The highest BCUT2D eigenvalue weighted by atomic mass is 15.1. The summed E-state index contributed by atoms with van der Waals surface area (Å²) in [7, 11) is 2.14. The van der Waals surface area contributed by atoms with E-state index in [1.807, 2.05) is 30.3 Å². The molecular formula is C18H29N3. The van der Waals surface area contributed by atoms with E-state index in [-0.39, 0.29) is 0 Å². The van der Waals surface area contributed by atoms with Gasteiger partial charge in [0.1, 0.15) is 5.54 Å². The number of hydrogen-bond acceptors (Lipinski definition) is 3. The van der Waals surface area contributed by atoms with Crippen LogP contribution < -0.4 is 5.32 Å². The molecular weight excluding hydrogens is 258 g/mol. The molecule has 1 aromatic rings. The first-order valence-electron chi connectivity index (χ1n) is 7.98. The van der Waals surface area contributed by atoms with Crippen molar-refractivity contribution in [2.75, 3.05) is 26.7 Å². The maximum Gasteiger partial charge on any atom is 0.133 e. The van der Waals surface area contributed by atoms with Crippen LogP contribution >= 0.6 is 0 Å². The van der Waals surface area contributed by atoms with Crippen molar-refractivity contribution in [2.45, 2.75) is 39.2 Å². The van der Waals surface area contributed by atoms with Gasteiger partial charge in [0, 0.05) is 13.1 Å². The molecule has 0 radical (unpaired) electrons. The molecule has 0 saturated carbocycles. The predicted octanol–water partition coefficient (Wildman–Crippen LogP) is 3.38. The maximum atomic E-state index is 9.77. The summed E-state index contributed by atoms with van der Waals surface area (Å²) in [6.45, 7) is 9.34. The molecule has 0 amide bonds. The van der Waals surface area contributed by atoms with Crippen molar-refractivity contribution in [2.24, 2.45) is 5.92 Å². The first-order valence-corrected chi connectivity index (χ1v) is 7.98. The zero-order valence-corrected chi connectivity index (χ0v) is 13.9. The minimum absolute atomic E-state index is 0.584. The second kappa shape index (κ2) is 8.81. The average molecular weight is 287 g/mol. The van der Waals surface area contributed by atoms with Gasteiger partial charge in [-0.2, -0.15) is 5.26 Å². The van der Waals surface area contributed by atoms with Crippen LogP contribution in [0.4, 0.5) is 0 Å². The Labute approximate surface area is 130 Å². The van der Waals surface area contributed by atoms with Crippen molar-refractivity contribution in [1.82, 2.24) is 10.2 Å². The van der Waals surface area contributed by atoms with Gasteiger partial charge in [-0.3, -0.25) is 5.32 Å². The molecule has 0 spiro atoms. The molecule has 0 heterocycles. The molecule has 0 aliphatic carbocycles. The smallest absolute Gasteiger partial charge is 0.133 e. The van der Waals surface area contributed by atoms with Crippen molar-refractivity contribution in [3.63, 3.8) is 0 Å². The molecule has 0 aliphatic rings. The van der Waals surface area contributed by atoms with E-state index in [4.69, 9.17) is 0 Å². The third kappa shape index (κ3) is 5.15. The fraction of sp³-hybridized carbons (Fsp3) is 0.611. The molecule has 0 aromatic heterocycles. The van der Waals surface area contributed by atoms with Crippen LogP contribution in [0.3, 0.4) is 0 Å². The molecule has 1 rings (SSSR count). The average Bonchev–Trinajstić information content (AvgIpc) is 2.52. The molecule has 3 nitrogen and oxygen atoms in total. The largest absolute Gasteiger partial charge is 0.306 e. The summed E-state index contributed by atoms with van der Waals surface area (Å²) in [5.41, 5.74) is 0.478. The third-order valence-corrected chi connectivity index (χ3v) is 4.12. The molecule has 116 valence electrons. The molecule has 0 bridgehead atoms. The van der Waals surface area contributed by atoms with Crippen LogP contribution in [0, 0.1) is 17.2 Å². The van der Waals surface area contributed by atoms with Crippen LogP contribution in [0.15, 0.2) is 30.3 Å². The van der Waals surface area contributed by atoms with Crippen LogP contribution in [0.5, 0.6) is 0 Å². The topological polar surface area (TPSA) is 39.1 Å². The number of nitrogens with one attached hydrogen (secondary N) is 1. The SMILES string of the molecule is CCNC(C#N)(CCN(C)CC(C)CC)c1ccccc1. The highest BCUT2D eigenvalue weighted by molar-refractivity contribution is 5.31. The van der Waals surface area contributed by atoms with E-state index in [0.717, 1.165) is 31.6 Å². The molecule has 1 aromatic carbocycles. The lowest BCUT2D eigenvalue weighted by atomic mass is 9.87. The summed E-state index contributed by atoms with van der Waals surface area (Å²) in [6, 6.07) is 12.6. The van der Waals surface area contributed by atoms with E-state index >= 15 is 0 Å². The van der Waals surface area contributed by atoms with Crippen LogP contribution in [-0.4, -0.2) is 31.6 Å². The fourth-order valence-electron chi connectivity index (χ4n) is 2.63. The monoisotopic (exact) mass is 287 g/mol. The standard InChI is InChI=1S/C18H29N3/c1-5-16(3)14-21(4)13-12-18(15-19,20-6-2)17-10-8-7-9-11-17/h7-11,16,20H,5-6,12-14H2,1-4H3. The van der Waals surface area contributed by atoms with Gasteiger partial charge in [-0.25, -0.2) is 0 Å². The highest BCUT2D eigenvalue weighted by Crippen LogP contribution is 2.24. The normalized spacial score (nSPS) is 15.4. The Morgan fingerprint density at radius 2 is 1.95 bits per heavy atom. The van der Waals surface area contributed by atoms with E-state index < -0.39 is 5.54 Å². The van der Waals surface area contributed by atoms with E-state index in [9.17, 15) is 5.26 Å². The lowest BCUT2D eigenvalue weighted by molar-refractivity contribution is 0.250. The van der Waals surface area contributed by atoms with Crippen molar-refractivity contribution < 1.29 is 0 Å². The van der Waals surface area contributed by atoms with Crippen molar-refractivity contribution in [3.05, 3.63) is 35.9 Å². The Bertz CT molecular complexity index is 438. The molecule has 21 heavy (non-hydrogen) atoms. The molecule has 0 fully saturated rings. The first kappa shape index (κ1) is 17.7. The second-order valence-corrected chi connectivity index (χ2v) is 5.94. The second-order valence-electron chi connectivity index (χ2n) is 5.94. The summed E-state index contributed by atoms with van der Waals surface area (Å²) in [4.78, 5) is 2.33. The quantitative estimate of drug-likeness (QED) is 0.757. The van der Waals surface area contributed by atoms with Crippen LogP contribution in [-0.2, 0) is 5.54 Å². The number of nitrogens with zero attached hydrogens (tertiary/aromatic N) is 2. The van der Waals surface area contributed by atoms with Crippen LogP contribution in [0.2, 0.25) is 0 Å².